The van der Waals surface area contributed by atoms with Crippen LogP contribution < -0.4 is 10.1 Å². The predicted octanol–water partition coefficient (Wildman–Crippen LogP) is 4.42. The van der Waals surface area contributed by atoms with Crippen LogP contribution in [0.25, 0.3) is 0 Å². The van der Waals surface area contributed by atoms with E-state index in [9.17, 15) is 9.67 Å². The van der Waals surface area contributed by atoms with Crippen LogP contribution in [0.2, 0.25) is 0 Å². The summed E-state index contributed by atoms with van der Waals surface area (Å²) in [6.07, 6.45) is 1.52. The Labute approximate surface area is 159 Å². The van der Waals surface area contributed by atoms with E-state index in [1.54, 1.807) is 32.9 Å². The van der Waals surface area contributed by atoms with E-state index in [0.717, 1.165) is 5.69 Å². The fourth-order valence-corrected chi connectivity index (χ4v) is 4.71. The zero-order valence-corrected chi connectivity index (χ0v) is 17.2. The lowest BCUT2D eigenvalue weighted by atomic mass is 10.1. The molecule has 1 unspecified atom stereocenters. The van der Waals surface area contributed by atoms with Crippen molar-refractivity contribution in [2.75, 3.05) is 32.2 Å². The molecular formula is C18H27N2O6P. The van der Waals surface area contributed by atoms with Gasteiger partial charge < -0.3 is 28.6 Å². The summed E-state index contributed by atoms with van der Waals surface area (Å²) < 4.78 is 35.2. The lowest BCUT2D eigenvalue weighted by molar-refractivity contribution is 0.212. The maximum absolute atomic E-state index is 13.5. The summed E-state index contributed by atoms with van der Waals surface area (Å²) in [6.45, 7) is 7.75. The number of hydrogen-bond donors (Lipinski definition) is 2. The molecule has 0 aliphatic carbocycles. The number of aryl methyl sites for hydroxylation is 2. The van der Waals surface area contributed by atoms with Crippen molar-refractivity contribution in [2.24, 2.45) is 0 Å². The number of ether oxygens (including phenoxy) is 1. The van der Waals surface area contributed by atoms with Gasteiger partial charge in [0.25, 0.3) is 6.01 Å². The van der Waals surface area contributed by atoms with Gasteiger partial charge in [-0.3, -0.25) is 4.57 Å². The Hall–Kier alpha value is -2.02. The van der Waals surface area contributed by atoms with Gasteiger partial charge in [0.15, 0.2) is 11.5 Å². The second-order valence-electron chi connectivity index (χ2n) is 5.95. The van der Waals surface area contributed by atoms with Crippen LogP contribution in [0, 0.1) is 13.8 Å². The second kappa shape index (κ2) is 9.26. The lowest BCUT2D eigenvalue weighted by Crippen LogP contribution is -2.17. The highest BCUT2D eigenvalue weighted by Gasteiger charge is 2.37. The maximum Gasteiger partial charge on any atom is 0.339 e. The molecule has 1 atom stereocenters. The molecule has 27 heavy (non-hydrogen) atoms. The zero-order chi connectivity index (χ0) is 20.0. The number of phenolic OH excluding ortho intramolecular Hbond substituents is 1. The third-order valence-corrected chi connectivity index (χ3v) is 6.44. The van der Waals surface area contributed by atoms with Gasteiger partial charge >= 0.3 is 7.60 Å². The summed E-state index contributed by atoms with van der Waals surface area (Å²) in [5.74, 6) is 0.334. The highest BCUT2D eigenvalue weighted by Crippen LogP contribution is 2.61. The molecule has 1 heterocycles. The van der Waals surface area contributed by atoms with Crippen LogP contribution in [0.3, 0.4) is 0 Å². The topological polar surface area (TPSA) is 103 Å². The van der Waals surface area contributed by atoms with Gasteiger partial charge in [0.05, 0.1) is 26.0 Å². The summed E-state index contributed by atoms with van der Waals surface area (Å²) in [6, 6.07) is 3.70. The van der Waals surface area contributed by atoms with Crippen molar-refractivity contribution in [3.05, 3.63) is 35.2 Å². The van der Waals surface area contributed by atoms with E-state index in [1.807, 2.05) is 6.92 Å². The number of methoxy groups -OCH3 is 1. The first-order valence-electron chi connectivity index (χ1n) is 8.76. The quantitative estimate of drug-likeness (QED) is 0.567. The molecule has 0 bridgehead atoms. The molecule has 1 aromatic heterocycles. The number of aromatic nitrogens is 1. The van der Waals surface area contributed by atoms with Crippen LogP contribution >= 0.6 is 7.60 Å². The summed E-state index contributed by atoms with van der Waals surface area (Å²) in [5, 5.41) is 13.2. The molecule has 0 fully saturated rings. The first kappa shape index (κ1) is 21.3. The molecule has 1 aromatic carbocycles. The smallest absolute Gasteiger partial charge is 0.339 e. The van der Waals surface area contributed by atoms with E-state index in [1.165, 1.54) is 13.4 Å². The Bertz CT molecular complexity index is 797. The van der Waals surface area contributed by atoms with Gasteiger partial charge in [-0.05, 0) is 44.9 Å². The van der Waals surface area contributed by atoms with Crippen LogP contribution in [0.5, 0.6) is 11.5 Å². The summed E-state index contributed by atoms with van der Waals surface area (Å²) in [7, 11) is -2.05. The number of benzene rings is 1. The highest BCUT2D eigenvalue weighted by atomic mass is 31.2. The number of hydrogen-bond acceptors (Lipinski definition) is 8. The lowest BCUT2D eigenvalue weighted by Gasteiger charge is -2.27. The van der Waals surface area contributed by atoms with Crippen molar-refractivity contribution in [3.63, 3.8) is 0 Å². The van der Waals surface area contributed by atoms with Gasteiger partial charge in [0, 0.05) is 6.54 Å². The number of nitrogens with one attached hydrogen (secondary N) is 1. The SMILES string of the molecule is CCOP(=O)(OCC)C(CNc1nc(C)co1)c1cc(C)c(O)c(OC)c1. The molecule has 9 heteroatoms. The van der Waals surface area contributed by atoms with Crippen molar-refractivity contribution in [3.8, 4) is 11.5 Å². The van der Waals surface area contributed by atoms with E-state index < -0.39 is 13.3 Å². The van der Waals surface area contributed by atoms with Crippen molar-refractivity contribution >= 4 is 13.6 Å². The first-order chi connectivity index (χ1) is 12.8. The zero-order valence-electron chi connectivity index (χ0n) is 16.3. The number of phenols is 1. The fourth-order valence-electron chi connectivity index (χ4n) is 2.73. The normalized spacial score (nSPS) is 12.8. The average molecular weight is 398 g/mol. The molecule has 150 valence electrons. The molecule has 8 nitrogen and oxygen atoms in total. The minimum Gasteiger partial charge on any atom is -0.504 e. The number of anilines is 1. The first-order valence-corrected chi connectivity index (χ1v) is 10.4. The highest BCUT2D eigenvalue weighted by molar-refractivity contribution is 7.54. The molecule has 2 N–H and O–H groups in total. The van der Waals surface area contributed by atoms with E-state index >= 15 is 0 Å². The summed E-state index contributed by atoms with van der Waals surface area (Å²) in [4.78, 5) is 4.20. The summed E-state index contributed by atoms with van der Waals surface area (Å²) in [5.41, 5.74) is 1.33. The van der Waals surface area contributed by atoms with Crippen molar-refractivity contribution < 1.29 is 27.9 Å². The molecule has 2 aromatic rings. The Morgan fingerprint density at radius 1 is 1.26 bits per heavy atom. The largest absolute Gasteiger partial charge is 0.504 e. The minimum absolute atomic E-state index is 0.0407. The molecule has 2 rings (SSSR count). The third kappa shape index (κ3) is 5.03. The Balaban J connectivity index is 2.44. The van der Waals surface area contributed by atoms with Gasteiger partial charge in [0.1, 0.15) is 11.9 Å². The van der Waals surface area contributed by atoms with Crippen molar-refractivity contribution in [1.82, 2.24) is 4.98 Å². The van der Waals surface area contributed by atoms with Gasteiger partial charge in [-0.2, -0.15) is 4.98 Å². The minimum atomic E-state index is -3.52. The molecular weight excluding hydrogens is 371 g/mol. The molecule has 0 saturated heterocycles. The average Bonchev–Trinajstić information content (AvgIpc) is 3.03. The van der Waals surface area contributed by atoms with Crippen LogP contribution in [0.1, 0.15) is 36.3 Å². The standard InChI is InChI=1S/C18H27N2O6P/c1-6-25-27(22,26-7-2)16(10-19-18-20-13(4)11-24-18)14-8-12(3)17(21)15(9-14)23-5/h8-9,11,16,21H,6-7,10H2,1-5H3,(H,19,20). The van der Waals surface area contributed by atoms with Crippen LogP contribution in [-0.4, -0.2) is 37.0 Å². The van der Waals surface area contributed by atoms with Crippen molar-refractivity contribution in [1.29, 1.82) is 0 Å². The van der Waals surface area contributed by atoms with Gasteiger partial charge in [-0.15, -0.1) is 0 Å². The van der Waals surface area contributed by atoms with E-state index in [2.05, 4.69) is 10.3 Å². The number of nitrogens with zero attached hydrogens (tertiary/aromatic N) is 1. The number of oxazole rings is 1. The molecule has 0 aliphatic rings. The Morgan fingerprint density at radius 3 is 2.44 bits per heavy atom. The summed E-state index contributed by atoms with van der Waals surface area (Å²) >= 11 is 0. The maximum atomic E-state index is 13.5. The third-order valence-electron chi connectivity index (χ3n) is 3.96. The van der Waals surface area contributed by atoms with Gasteiger partial charge in [-0.1, -0.05) is 6.07 Å². The van der Waals surface area contributed by atoms with Gasteiger partial charge in [-0.25, -0.2) is 0 Å². The van der Waals surface area contributed by atoms with Crippen LogP contribution in [0.4, 0.5) is 6.01 Å². The van der Waals surface area contributed by atoms with Gasteiger partial charge in [0.2, 0.25) is 0 Å². The van der Waals surface area contributed by atoms with Crippen LogP contribution in [0.15, 0.2) is 22.8 Å². The van der Waals surface area contributed by atoms with E-state index in [-0.39, 0.29) is 25.5 Å². The predicted molar refractivity (Wildman–Crippen MR) is 103 cm³/mol. The Kier molecular flexibility index (Phi) is 7.30. The van der Waals surface area contributed by atoms with Crippen LogP contribution in [-0.2, 0) is 13.6 Å². The monoisotopic (exact) mass is 398 g/mol. The molecule has 0 radical (unpaired) electrons. The molecule has 0 saturated carbocycles. The second-order valence-corrected chi connectivity index (χ2v) is 8.17. The molecule has 0 spiro atoms. The number of rotatable bonds is 10. The van der Waals surface area contributed by atoms with E-state index in [4.69, 9.17) is 18.2 Å². The number of aromatic hydroxyl groups is 1. The van der Waals surface area contributed by atoms with Crippen molar-refractivity contribution in [2.45, 2.75) is 33.4 Å². The molecule has 0 amide bonds. The fraction of sp³-hybridized carbons (Fsp3) is 0.500. The van der Waals surface area contributed by atoms with E-state index in [0.29, 0.717) is 22.9 Å². The molecule has 0 aliphatic heterocycles. The Morgan fingerprint density at radius 2 is 1.93 bits per heavy atom.